The Kier molecular flexibility index (Phi) is 6.36. The second kappa shape index (κ2) is 9.15. The van der Waals surface area contributed by atoms with Gasteiger partial charge in [0, 0.05) is 11.4 Å². The van der Waals surface area contributed by atoms with Crippen LogP contribution in [0.2, 0.25) is 5.82 Å². The normalized spacial score (nSPS) is 26.8. The Morgan fingerprint density at radius 2 is 1.43 bits per heavy atom. The van der Waals surface area contributed by atoms with E-state index in [1.807, 2.05) is 12.1 Å². The summed E-state index contributed by atoms with van der Waals surface area (Å²) in [5.41, 5.74) is 14.1. The highest BCUT2D eigenvalue weighted by Crippen LogP contribution is 2.44. The number of ether oxygens (including phenoxy) is 1. The fourth-order valence-electron chi connectivity index (χ4n) is 5.42. The Bertz CT molecular complexity index is 867. The molecule has 0 radical (unpaired) electrons. The summed E-state index contributed by atoms with van der Waals surface area (Å²) in [5, 5.41) is 0. The van der Waals surface area contributed by atoms with E-state index in [9.17, 15) is 4.79 Å². The number of hydrogen-bond donors (Lipinski definition) is 2. The van der Waals surface area contributed by atoms with Gasteiger partial charge in [-0.15, -0.1) is 0 Å². The van der Waals surface area contributed by atoms with Crippen molar-refractivity contribution in [2.24, 2.45) is 11.8 Å². The molecule has 0 heterocycles. The molecule has 0 unspecified atom stereocenters. The van der Waals surface area contributed by atoms with Gasteiger partial charge in [0.1, 0.15) is 13.6 Å². The number of anilines is 2. The van der Waals surface area contributed by atoms with Crippen LogP contribution in [0.15, 0.2) is 42.5 Å². The molecule has 0 spiro atoms. The highest BCUT2D eigenvalue weighted by atomic mass is 16.5. The van der Waals surface area contributed by atoms with Crippen molar-refractivity contribution >= 4 is 25.2 Å². The molecule has 2 saturated carbocycles. The molecule has 4 N–H and O–H groups in total. The molecule has 0 aromatic heterocycles. The maximum atomic E-state index is 12.4. The van der Waals surface area contributed by atoms with Crippen LogP contribution in [0.25, 0.3) is 0 Å². The Hall–Kier alpha value is -2.43. The summed E-state index contributed by atoms with van der Waals surface area (Å²) in [4.78, 5) is 12.4. The molecule has 4 nitrogen and oxygen atoms in total. The first-order valence-electron chi connectivity index (χ1n) is 11.5. The summed E-state index contributed by atoms with van der Waals surface area (Å²) < 4.78 is 5.51. The van der Waals surface area contributed by atoms with Crippen molar-refractivity contribution in [3.05, 3.63) is 53.6 Å². The lowest BCUT2D eigenvalue weighted by molar-refractivity contribution is 0.0736. The Morgan fingerprint density at radius 1 is 0.833 bits per heavy atom. The molecule has 158 valence electrons. The van der Waals surface area contributed by atoms with Crippen molar-refractivity contribution < 1.29 is 9.53 Å². The molecule has 0 saturated heterocycles. The predicted octanol–water partition coefficient (Wildman–Crippen LogP) is 4.96. The lowest BCUT2D eigenvalue weighted by Crippen LogP contribution is -2.24. The maximum absolute atomic E-state index is 12.4. The molecule has 0 aliphatic heterocycles. The van der Waals surface area contributed by atoms with E-state index in [0.717, 1.165) is 17.7 Å². The molecule has 2 aromatic rings. The second-order valence-electron chi connectivity index (χ2n) is 9.44. The SMILES string of the molecule is BC1CCC(C2CCC(c3ccc(OC(=O)c4ccc(N)cc4N)cc3)CC2)CC1. The van der Waals surface area contributed by atoms with Gasteiger partial charge in [-0.2, -0.15) is 0 Å². The number of carbonyl (C=O) groups is 1. The predicted molar refractivity (Wildman–Crippen MR) is 126 cm³/mol. The summed E-state index contributed by atoms with van der Waals surface area (Å²) in [6.07, 6.45) is 11.0. The van der Waals surface area contributed by atoms with E-state index in [0.29, 0.717) is 28.6 Å². The molecule has 0 amide bonds. The minimum atomic E-state index is -0.456. The number of carbonyl (C=O) groups excluding carboxylic acids is 1. The molecule has 2 fully saturated rings. The quantitative estimate of drug-likeness (QED) is 0.327. The van der Waals surface area contributed by atoms with Crippen LogP contribution >= 0.6 is 0 Å². The van der Waals surface area contributed by atoms with Crippen LogP contribution in [0.4, 0.5) is 11.4 Å². The first-order valence-corrected chi connectivity index (χ1v) is 11.5. The van der Waals surface area contributed by atoms with Crippen LogP contribution in [0.5, 0.6) is 5.75 Å². The van der Waals surface area contributed by atoms with Gasteiger partial charge in [-0.1, -0.05) is 43.6 Å². The molecule has 2 aromatic carbocycles. The molecule has 0 atom stereocenters. The fourth-order valence-corrected chi connectivity index (χ4v) is 5.42. The largest absolute Gasteiger partial charge is 0.423 e. The van der Waals surface area contributed by atoms with Gasteiger partial charge >= 0.3 is 5.97 Å². The van der Waals surface area contributed by atoms with Crippen LogP contribution in [-0.2, 0) is 0 Å². The summed E-state index contributed by atoms with van der Waals surface area (Å²) in [7, 11) is 2.40. The molecular formula is C25H33BN2O2. The average molecular weight is 404 g/mol. The minimum absolute atomic E-state index is 0.334. The molecule has 0 bridgehead atoms. The van der Waals surface area contributed by atoms with Crippen LogP contribution < -0.4 is 16.2 Å². The lowest BCUT2D eigenvalue weighted by atomic mass is 9.65. The number of hydrogen-bond acceptors (Lipinski definition) is 4. The van der Waals surface area contributed by atoms with Crippen molar-refractivity contribution in [2.75, 3.05) is 11.5 Å². The molecule has 2 aliphatic carbocycles. The maximum Gasteiger partial charge on any atom is 0.345 e. The van der Waals surface area contributed by atoms with Gasteiger partial charge in [-0.05, 0) is 79.3 Å². The standard InChI is InChI=1S/C25H33BN2O2/c26-20-9-5-18(6-10-20)16-1-3-17(4-2-16)19-7-12-22(13-8-19)30-25(29)23-14-11-21(27)15-24(23)28/h7-8,11-18,20H,1-6,9-10,26-28H2. The van der Waals surface area contributed by atoms with Crippen molar-refractivity contribution in [3.8, 4) is 5.75 Å². The number of esters is 1. The summed E-state index contributed by atoms with van der Waals surface area (Å²) >= 11 is 0. The van der Waals surface area contributed by atoms with E-state index in [1.165, 1.54) is 56.9 Å². The number of benzene rings is 2. The highest BCUT2D eigenvalue weighted by Gasteiger charge is 2.30. The van der Waals surface area contributed by atoms with Crippen molar-refractivity contribution in [3.63, 3.8) is 0 Å². The van der Waals surface area contributed by atoms with Crippen molar-refractivity contribution in [1.29, 1.82) is 0 Å². The molecule has 4 rings (SSSR count). The van der Waals surface area contributed by atoms with Gasteiger partial charge in [0.25, 0.3) is 0 Å². The topological polar surface area (TPSA) is 78.3 Å². The van der Waals surface area contributed by atoms with E-state index in [2.05, 4.69) is 20.0 Å². The summed E-state index contributed by atoms with van der Waals surface area (Å²) in [5.74, 6) is 3.54. The smallest absolute Gasteiger partial charge is 0.345 e. The molecule has 5 heteroatoms. The van der Waals surface area contributed by atoms with Crippen LogP contribution in [0.1, 0.15) is 73.2 Å². The monoisotopic (exact) mass is 404 g/mol. The number of nitrogens with two attached hydrogens (primary N) is 2. The average Bonchev–Trinajstić information content (AvgIpc) is 2.75. The van der Waals surface area contributed by atoms with Gasteiger partial charge in [-0.25, -0.2) is 4.79 Å². The van der Waals surface area contributed by atoms with Crippen LogP contribution in [0, 0.1) is 11.8 Å². The third kappa shape index (κ3) is 4.83. The van der Waals surface area contributed by atoms with Crippen LogP contribution in [0.3, 0.4) is 0 Å². The molecule has 2 aliphatic rings. The second-order valence-corrected chi connectivity index (χ2v) is 9.44. The van der Waals surface area contributed by atoms with Crippen molar-refractivity contribution in [2.45, 2.75) is 63.1 Å². The van der Waals surface area contributed by atoms with Crippen molar-refractivity contribution in [1.82, 2.24) is 0 Å². The number of rotatable bonds is 4. The van der Waals surface area contributed by atoms with Gasteiger partial charge < -0.3 is 16.2 Å². The summed E-state index contributed by atoms with van der Waals surface area (Å²) in [6, 6.07) is 12.9. The first-order chi connectivity index (χ1) is 14.5. The zero-order valence-corrected chi connectivity index (χ0v) is 18.0. The highest BCUT2D eigenvalue weighted by molar-refractivity contribution is 6.11. The van der Waals surface area contributed by atoms with E-state index in [-0.39, 0.29) is 0 Å². The Morgan fingerprint density at radius 3 is 2.03 bits per heavy atom. The molecular weight excluding hydrogens is 371 g/mol. The zero-order valence-electron chi connectivity index (χ0n) is 18.0. The van der Waals surface area contributed by atoms with E-state index in [4.69, 9.17) is 16.2 Å². The summed E-state index contributed by atoms with van der Waals surface area (Å²) in [6.45, 7) is 0. The number of nitrogen functional groups attached to an aromatic ring is 2. The van der Waals surface area contributed by atoms with Gasteiger partial charge in [0.15, 0.2) is 0 Å². The van der Waals surface area contributed by atoms with Gasteiger partial charge in [0.05, 0.1) is 5.56 Å². The Labute approximate surface area is 180 Å². The first kappa shape index (κ1) is 20.8. The minimum Gasteiger partial charge on any atom is -0.423 e. The van der Waals surface area contributed by atoms with E-state index in [1.54, 1.807) is 18.2 Å². The fraction of sp³-hybridized carbons (Fsp3) is 0.480. The third-order valence-corrected chi connectivity index (χ3v) is 7.36. The van der Waals surface area contributed by atoms with Gasteiger partial charge in [0.2, 0.25) is 0 Å². The van der Waals surface area contributed by atoms with Gasteiger partial charge in [-0.3, -0.25) is 0 Å². The lowest BCUT2D eigenvalue weighted by Gasteiger charge is -2.37. The van der Waals surface area contributed by atoms with E-state index >= 15 is 0 Å². The third-order valence-electron chi connectivity index (χ3n) is 7.36. The molecule has 30 heavy (non-hydrogen) atoms. The van der Waals surface area contributed by atoms with Crippen LogP contribution in [-0.4, -0.2) is 13.8 Å². The van der Waals surface area contributed by atoms with E-state index < -0.39 is 5.97 Å². The zero-order chi connectivity index (χ0) is 21.1. The Balaban J connectivity index is 1.31.